The molecule has 5 aromatic rings. The molecule has 0 spiro atoms. The highest BCUT2D eigenvalue weighted by molar-refractivity contribution is 5.91. The Morgan fingerprint density at radius 3 is 2.85 bits per heavy atom. The third-order valence-corrected chi connectivity index (χ3v) is 4.27. The van der Waals surface area contributed by atoms with E-state index in [4.69, 9.17) is 4.52 Å². The molecule has 0 amide bonds. The van der Waals surface area contributed by atoms with Crippen LogP contribution in [0.1, 0.15) is 5.69 Å². The van der Waals surface area contributed by atoms with Crippen molar-refractivity contribution in [2.45, 2.75) is 6.92 Å². The number of fused-ring (bicyclic) bond motifs is 1. The van der Waals surface area contributed by atoms with Crippen molar-refractivity contribution < 1.29 is 8.91 Å². The lowest BCUT2D eigenvalue weighted by atomic mass is 10.2. The van der Waals surface area contributed by atoms with E-state index in [-0.39, 0.29) is 11.7 Å². The molecule has 0 aliphatic heterocycles. The van der Waals surface area contributed by atoms with Gasteiger partial charge in [-0.15, -0.1) is 0 Å². The fourth-order valence-corrected chi connectivity index (χ4v) is 3.01. The normalized spacial score (nSPS) is 11.3. The summed E-state index contributed by atoms with van der Waals surface area (Å²) >= 11 is 0. The van der Waals surface area contributed by atoms with Gasteiger partial charge in [0, 0.05) is 11.1 Å². The summed E-state index contributed by atoms with van der Waals surface area (Å²) in [6, 6.07) is 15.7. The van der Waals surface area contributed by atoms with E-state index in [0.717, 1.165) is 16.6 Å². The van der Waals surface area contributed by atoms with Crippen LogP contribution in [0.25, 0.3) is 39.7 Å². The molecule has 2 aromatic carbocycles. The maximum Gasteiger partial charge on any atom is 0.278 e. The summed E-state index contributed by atoms with van der Waals surface area (Å²) in [5, 5.41) is 16.6. The van der Waals surface area contributed by atoms with Gasteiger partial charge in [0.25, 0.3) is 5.89 Å². The lowest BCUT2D eigenvalue weighted by molar-refractivity contribution is 0.430. The summed E-state index contributed by atoms with van der Waals surface area (Å²) in [4.78, 5) is 4.43. The van der Waals surface area contributed by atoms with Gasteiger partial charge in [0.1, 0.15) is 11.5 Å². The highest BCUT2D eigenvalue weighted by Gasteiger charge is 2.18. The minimum absolute atomic E-state index is 0.273. The maximum absolute atomic E-state index is 13.5. The van der Waals surface area contributed by atoms with Crippen molar-refractivity contribution in [1.29, 1.82) is 0 Å². The Kier molecular flexibility index (Phi) is 3.36. The predicted octanol–water partition coefficient (Wildman–Crippen LogP) is 3.91. The molecule has 0 atom stereocenters. The summed E-state index contributed by atoms with van der Waals surface area (Å²) in [6.45, 7) is 1.87. The third-order valence-electron chi connectivity index (χ3n) is 4.27. The molecule has 132 valence electrons. The number of H-pyrrole nitrogens is 1. The average molecular weight is 360 g/mol. The molecule has 0 aliphatic rings. The first-order valence-corrected chi connectivity index (χ1v) is 8.29. The Bertz CT molecular complexity index is 1270. The van der Waals surface area contributed by atoms with Gasteiger partial charge in [0.15, 0.2) is 5.69 Å². The van der Waals surface area contributed by atoms with E-state index >= 15 is 0 Å². The second-order valence-corrected chi connectivity index (χ2v) is 6.10. The van der Waals surface area contributed by atoms with Crippen molar-refractivity contribution in [2.24, 2.45) is 0 Å². The third kappa shape index (κ3) is 2.58. The van der Waals surface area contributed by atoms with Gasteiger partial charge in [-0.3, -0.25) is 5.10 Å². The van der Waals surface area contributed by atoms with Crippen molar-refractivity contribution in [3.63, 3.8) is 0 Å². The highest BCUT2D eigenvalue weighted by Crippen LogP contribution is 2.26. The number of aromatic amines is 1. The zero-order valence-corrected chi connectivity index (χ0v) is 14.2. The SMILES string of the molecule is Cc1cc(-c2nc(-c3n[nH]c4ccccc34)no2)nn1-c1cccc(F)c1. The van der Waals surface area contributed by atoms with Crippen LogP contribution in [0.5, 0.6) is 0 Å². The first-order valence-electron chi connectivity index (χ1n) is 8.29. The molecule has 1 N–H and O–H groups in total. The first kappa shape index (κ1) is 15.4. The second kappa shape index (κ2) is 5.87. The topological polar surface area (TPSA) is 85.4 Å². The van der Waals surface area contributed by atoms with Crippen LogP contribution in [0.15, 0.2) is 59.1 Å². The number of halogens is 1. The fourth-order valence-electron chi connectivity index (χ4n) is 3.01. The van der Waals surface area contributed by atoms with Gasteiger partial charge in [-0.05, 0) is 37.3 Å². The summed E-state index contributed by atoms with van der Waals surface area (Å²) in [6.07, 6.45) is 0. The maximum atomic E-state index is 13.5. The van der Waals surface area contributed by atoms with Crippen LogP contribution in [0, 0.1) is 12.7 Å². The number of rotatable bonds is 3. The fraction of sp³-hybridized carbons (Fsp3) is 0.0526. The summed E-state index contributed by atoms with van der Waals surface area (Å²) < 4.78 is 20.5. The molecule has 0 aliphatic carbocycles. The lowest BCUT2D eigenvalue weighted by Crippen LogP contribution is -1.99. The molecule has 7 nitrogen and oxygen atoms in total. The molecular weight excluding hydrogens is 347 g/mol. The zero-order chi connectivity index (χ0) is 18.4. The second-order valence-electron chi connectivity index (χ2n) is 6.10. The smallest absolute Gasteiger partial charge is 0.278 e. The van der Waals surface area contributed by atoms with Gasteiger partial charge in [-0.1, -0.05) is 29.4 Å². The van der Waals surface area contributed by atoms with E-state index in [1.54, 1.807) is 16.8 Å². The molecule has 8 heteroatoms. The van der Waals surface area contributed by atoms with Crippen LogP contribution >= 0.6 is 0 Å². The summed E-state index contributed by atoms with van der Waals surface area (Å²) in [5.41, 5.74) is 3.46. The van der Waals surface area contributed by atoms with Crippen molar-refractivity contribution in [2.75, 3.05) is 0 Å². The minimum atomic E-state index is -0.325. The summed E-state index contributed by atoms with van der Waals surface area (Å²) in [5.74, 6) is 0.324. The molecule has 0 bridgehead atoms. The number of hydrogen-bond acceptors (Lipinski definition) is 5. The van der Waals surface area contributed by atoms with E-state index in [1.165, 1.54) is 12.1 Å². The molecule has 0 fully saturated rings. The van der Waals surface area contributed by atoms with Gasteiger partial charge in [0.2, 0.25) is 5.82 Å². The van der Waals surface area contributed by atoms with E-state index in [1.807, 2.05) is 37.3 Å². The van der Waals surface area contributed by atoms with Crippen molar-refractivity contribution in [3.05, 3.63) is 66.1 Å². The van der Waals surface area contributed by atoms with Gasteiger partial charge >= 0.3 is 0 Å². The van der Waals surface area contributed by atoms with E-state index < -0.39 is 0 Å². The highest BCUT2D eigenvalue weighted by atomic mass is 19.1. The Morgan fingerprint density at radius 2 is 1.96 bits per heavy atom. The van der Waals surface area contributed by atoms with Crippen LogP contribution < -0.4 is 0 Å². The number of hydrogen-bond donors (Lipinski definition) is 1. The minimum Gasteiger partial charge on any atom is -0.332 e. The van der Waals surface area contributed by atoms with Crippen LogP contribution in [0.2, 0.25) is 0 Å². The molecule has 3 aromatic heterocycles. The van der Waals surface area contributed by atoms with Crippen molar-refractivity contribution >= 4 is 10.9 Å². The van der Waals surface area contributed by atoms with Crippen LogP contribution in [-0.2, 0) is 0 Å². The molecule has 0 unspecified atom stereocenters. The average Bonchev–Trinajstić information content (AvgIpc) is 3.39. The van der Waals surface area contributed by atoms with E-state index in [9.17, 15) is 4.39 Å². The number of nitrogens with one attached hydrogen (secondary N) is 1. The quantitative estimate of drug-likeness (QED) is 0.527. The molecular formula is C19H13FN6O. The number of benzene rings is 2. The van der Waals surface area contributed by atoms with Gasteiger partial charge in [-0.2, -0.15) is 15.2 Å². The standard InChI is InChI=1S/C19H13FN6O/c1-11-9-16(24-26(11)13-6-4-5-12(20)10-13)19-21-18(25-27-19)17-14-7-2-3-8-15(14)22-23-17/h2-10H,1H3,(H,22,23). The molecule has 3 heterocycles. The predicted molar refractivity (Wildman–Crippen MR) is 96.6 cm³/mol. The summed E-state index contributed by atoms with van der Waals surface area (Å²) in [7, 11) is 0. The molecule has 5 rings (SSSR count). The number of aromatic nitrogens is 6. The van der Waals surface area contributed by atoms with Crippen molar-refractivity contribution in [3.8, 4) is 28.8 Å². The monoisotopic (exact) mass is 360 g/mol. The van der Waals surface area contributed by atoms with Crippen LogP contribution in [0.4, 0.5) is 4.39 Å². The van der Waals surface area contributed by atoms with Gasteiger partial charge in [-0.25, -0.2) is 9.07 Å². The first-order chi connectivity index (χ1) is 13.2. The van der Waals surface area contributed by atoms with Crippen LogP contribution in [-0.4, -0.2) is 30.1 Å². The Balaban J connectivity index is 1.54. The van der Waals surface area contributed by atoms with Crippen molar-refractivity contribution in [1.82, 2.24) is 30.1 Å². The van der Waals surface area contributed by atoms with Crippen LogP contribution in [0.3, 0.4) is 0 Å². The number of para-hydroxylation sites is 1. The Morgan fingerprint density at radius 1 is 1.07 bits per heavy atom. The molecule has 27 heavy (non-hydrogen) atoms. The molecule has 0 saturated heterocycles. The Hall–Kier alpha value is -3.81. The number of aryl methyl sites for hydroxylation is 1. The lowest BCUT2D eigenvalue weighted by Gasteiger charge is -2.03. The zero-order valence-electron chi connectivity index (χ0n) is 14.2. The molecule has 0 radical (unpaired) electrons. The van der Waals surface area contributed by atoms with Gasteiger partial charge < -0.3 is 4.52 Å². The molecule has 0 saturated carbocycles. The number of nitrogens with zero attached hydrogens (tertiary/aromatic N) is 5. The van der Waals surface area contributed by atoms with E-state index in [2.05, 4.69) is 25.4 Å². The van der Waals surface area contributed by atoms with E-state index in [0.29, 0.717) is 22.9 Å². The Labute approximate surface area is 152 Å². The largest absolute Gasteiger partial charge is 0.332 e. The van der Waals surface area contributed by atoms with Gasteiger partial charge in [0.05, 0.1) is 11.2 Å².